The van der Waals surface area contributed by atoms with E-state index >= 15 is 0 Å². The highest BCUT2D eigenvalue weighted by molar-refractivity contribution is 5.90. The lowest BCUT2D eigenvalue weighted by molar-refractivity contribution is 0.207. The Balaban J connectivity index is 1.50. The number of benzene rings is 3. The molecule has 0 aromatic heterocycles. The van der Waals surface area contributed by atoms with Crippen LogP contribution in [0.1, 0.15) is 35.6 Å². The fraction of sp³-hybridized carbons (Fsp3) is 0.240. The number of hydrogen-bond acceptors (Lipinski definition) is 2. The van der Waals surface area contributed by atoms with E-state index in [-0.39, 0.29) is 12.1 Å². The average molecular weight is 386 g/mol. The van der Waals surface area contributed by atoms with Gasteiger partial charge in [0.15, 0.2) is 0 Å². The summed E-state index contributed by atoms with van der Waals surface area (Å²) in [6.07, 6.45) is 2.78. The van der Waals surface area contributed by atoms with Crippen molar-refractivity contribution in [2.24, 2.45) is 0 Å². The summed E-state index contributed by atoms with van der Waals surface area (Å²) in [5.41, 5.74) is 4.37. The number of para-hydroxylation sites is 1. The van der Waals surface area contributed by atoms with E-state index in [0.717, 1.165) is 48.4 Å². The second-order valence-electron chi connectivity index (χ2n) is 7.37. The minimum Gasteiger partial charge on any atom is -0.497 e. The molecular formula is C25H26N2O2. The second kappa shape index (κ2) is 8.82. The van der Waals surface area contributed by atoms with Gasteiger partial charge in [-0.05, 0) is 54.2 Å². The van der Waals surface area contributed by atoms with Crippen molar-refractivity contribution >= 4 is 11.7 Å². The largest absolute Gasteiger partial charge is 0.497 e. The molecule has 1 atom stereocenters. The summed E-state index contributed by atoms with van der Waals surface area (Å²) in [5.74, 6) is 0.831. The van der Waals surface area contributed by atoms with Crippen LogP contribution < -0.4 is 10.1 Å². The highest BCUT2D eigenvalue weighted by Crippen LogP contribution is 2.33. The highest BCUT2D eigenvalue weighted by atomic mass is 16.5. The Morgan fingerprint density at radius 3 is 2.48 bits per heavy atom. The van der Waals surface area contributed by atoms with Crippen LogP contribution in [0.3, 0.4) is 0 Å². The van der Waals surface area contributed by atoms with Crippen LogP contribution in [0.4, 0.5) is 10.5 Å². The summed E-state index contributed by atoms with van der Waals surface area (Å²) in [7, 11) is 1.66. The second-order valence-corrected chi connectivity index (χ2v) is 7.37. The zero-order valence-corrected chi connectivity index (χ0v) is 16.7. The van der Waals surface area contributed by atoms with Crippen LogP contribution in [0.2, 0.25) is 0 Å². The molecule has 4 nitrogen and oxygen atoms in total. The van der Waals surface area contributed by atoms with E-state index < -0.39 is 0 Å². The van der Waals surface area contributed by atoms with Gasteiger partial charge in [0.2, 0.25) is 0 Å². The van der Waals surface area contributed by atoms with Crippen molar-refractivity contribution in [1.29, 1.82) is 0 Å². The minimum absolute atomic E-state index is 0.0381. The molecule has 148 valence electrons. The number of nitrogens with zero attached hydrogens (tertiary/aromatic N) is 1. The number of anilines is 1. The maximum absolute atomic E-state index is 13.1. The molecule has 1 aliphatic rings. The molecule has 29 heavy (non-hydrogen) atoms. The van der Waals surface area contributed by atoms with Gasteiger partial charge in [0.05, 0.1) is 13.2 Å². The smallest absolute Gasteiger partial charge is 0.322 e. The minimum atomic E-state index is -0.0381. The molecule has 1 fully saturated rings. The highest BCUT2D eigenvalue weighted by Gasteiger charge is 2.30. The van der Waals surface area contributed by atoms with Gasteiger partial charge in [-0.1, -0.05) is 60.7 Å². The molecule has 3 aromatic carbocycles. The molecule has 0 bridgehead atoms. The molecule has 4 heteroatoms. The summed E-state index contributed by atoms with van der Waals surface area (Å²) in [6, 6.07) is 26.4. The first-order valence-electron chi connectivity index (χ1n) is 10.1. The molecule has 1 N–H and O–H groups in total. The maximum Gasteiger partial charge on any atom is 0.322 e. The standard InChI is InChI=1S/C25H26N2O2/c1-29-22-15-13-20(14-16-22)24-12-7-17-27(24)25(28)26-23-11-6-5-10-21(23)18-19-8-3-2-4-9-19/h2-6,8-11,13-16,24H,7,12,17-18H2,1H3,(H,26,28)/t24-/m1/s1. The molecule has 0 aliphatic carbocycles. The van der Waals surface area contributed by atoms with Gasteiger partial charge in [0.1, 0.15) is 5.75 Å². The van der Waals surface area contributed by atoms with E-state index in [9.17, 15) is 4.79 Å². The number of urea groups is 1. The summed E-state index contributed by atoms with van der Waals surface area (Å²) in [5, 5.41) is 3.16. The van der Waals surface area contributed by atoms with E-state index in [1.165, 1.54) is 5.56 Å². The lowest BCUT2D eigenvalue weighted by atomic mass is 10.0. The molecule has 0 radical (unpaired) electrons. The van der Waals surface area contributed by atoms with E-state index in [0.29, 0.717) is 0 Å². The number of carbonyl (C=O) groups excluding carboxylic acids is 1. The molecular weight excluding hydrogens is 360 g/mol. The number of likely N-dealkylation sites (tertiary alicyclic amines) is 1. The van der Waals surface area contributed by atoms with Gasteiger partial charge >= 0.3 is 6.03 Å². The van der Waals surface area contributed by atoms with Gasteiger partial charge in [0.25, 0.3) is 0 Å². The van der Waals surface area contributed by atoms with Crippen molar-refractivity contribution in [1.82, 2.24) is 4.90 Å². The van der Waals surface area contributed by atoms with Gasteiger partial charge in [-0.15, -0.1) is 0 Å². The third-order valence-electron chi connectivity index (χ3n) is 5.51. The van der Waals surface area contributed by atoms with Crippen LogP contribution in [-0.2, 0) is 6.42 Å². The summed E-state index contributed by atoms with van der Waals surface area (Å²) >= 11 is 0. The molecule has 1 saturated heterocycles. The number of carbonyl (C=O) groups is 1. The van der Waals surface area contributed by atoms with Crippen LogP contribution in [0.15, 0.2) is 78.9 Å². The number of ether oxygens (including phenoxy) is 1. The van der Waals surface area contributed by atoms with Crippen molar-refractivity contribution in [2.75, 3.05) is 19.0 Å². The van der Waals surface area contributed by atoms with Gasteiger partial charge in [-0.2, -0.15) is 0 Å². The zero-order chi connectivity index (χ0) is 20.1. The molecule has 1 aliphatic heterocycles. The molecule has 0 spiro atoms. The zero-order valence-electron chi connectivity index (χ0n) is 16.7. The molecule has 0 unspecified atom stereocenters. The third kappa shape index (κ3) is 4.43. The lowest BCUT2D eigenvalue weighted by Gasteiger charge is -2.26. The first kappa shape index (κ1) is 19.1. The Kier molecular flexibility index (Phi) is 5.80. The van der Waals surface area contributed by atoms with Crippen LogP contribution >= 0.6 is 0 Å². The van der Waals surface area contributed by atoms with Crippen LogP contribution in [0.25, 0.3) is 0 Å². The predicted octanol–water partition coefficient (Wildman–Crippen LogP) is 5.66. The van der Waals surface area contributed by atoms with Crippen LogP contribution in [0.5, 0.6) is 5.75 Å². The summed E-state index contributed by atoms with van der Waals surface area (Å²) in [6.45, 7) is 0.767. The molecule has 2 amide bonds. The molecule has 3 aromatic rings. The topological polar surface area (TPSA) is 41.6 Å². The fourth-order valence-electron chi connectivity index (χ4n) is 3.98. The Labute approximate surface area is 172 Å². The first-order chi connectivity index (χ1) is 14.2. The molecule has 4 rings (SSSR count). The Morgan fingerprint density at radius 1 is 1.00 bits per heavy atom. The SMILES string of the molecule is COc1ccc([C@H]2CCCN2C(=O)Nc2ccccc2Cc2ccccc2)cc1. The number of hydrogen-bond donors (Lipinski definition) is 1. The van der Waals surface area contributed by atoms with Crippen molar-refractivity contribution in [3.8, 4) is 5.75 Å². The maximum atomic E-state index is 13.1. The van der Waals surface area contributed by atoms with E-state index in [4.69, 9.17) is 4.74 Å². The number of amides is 2. The molecule has 1 heterocycles. The predicted molar refractivity (Wildman–Crippen MR) is 116 cm³/mol. The Bertz CT molecular complexity index is 954. The van der Waals surface area contributed by atoms with E-state index in [1.807, 2.05) is 53.4 Å². The first-order valence-corrected chi connectivity index (χ1v) is 10.1. The van der Waals surface area contributed by atoms with E-state index in [1.54, 1.807) is 7.11 Å². The van der Waals surface area contributed by atoms with Gasteiger partial charge in [-0.25, -0.2) is 4.79 Å². The van der Waals surface area contributed by atoms with Crippen LogP contribution in [-0.4, -0.2) is 24.6 Å². The van der Waals surface area contributed by atoms with Crippen molar-refractivity contribution in [2.45, 2.75) is 25.3 Å². The normalized spacial score (nSPS) is 15.9. The van der Waals surface area contributed by atoms with E-state index in [2.05, 4.69) is 35.6 Å². The quantitative estimate of drug-likeness (QED) is 0.615. The van der Waals surface area contributed by atoms with Gasteiger partial charge in [0, 0.05) is 12.2 Å². The number of methoxy groups -OCH3 is 1. The summed E-state index contributed by atoms with van der Waals surface area (Å²) in [4.78, 5) is 15.1. The number of nitrogens with one attached hydrogen (secondary N) is 1. The van der Waals surface area contributed by atoms with Crippen molar-refractivity contribution in [3.63, 3.8) is 0 Å². The molecule has 0 saturated carbocycles. The number of rotatable bonds is 5. The fourth-order valence-corrected chi connectivity index (χ4v) is 3.98. The summed E-state index contributed by atoms with van der Waals surface area (Å²) < 4.78 is 5.25. The lowest BCUT2D eigenvalue weighted by Crippen LogP contribution is -2.34. The Morgan fingerprint density at radius 2 is 1.72 bits per heavy atom. The monoisotopic (exact) mass is 386 g/mol. The average Bonchev–Trinajstić information content (AvgIpc) is 3.26. The van der Waals surface area contributed by atoms with Gasteiger partial charge in [-0.3, -0.25) is 0 Å². The van der Waals surface area contributed by atoms with Crippen LogP contribution in [0, 0.1) is 0 Å². The van der Waals surface area contributed by atoms with Crippen molar-refractivity contribution < 1.29 is 9.53 Å². The third-order valence-corrected chi connectivity index (χ3v) is 5.51. The van der Waals surface area contributed by atoms with Gasteiger partial charge < -0.3 is 15.0 Å². The van der Waals surface area contributed by atoms with Crippen molar-refractivity contribution in [3.05, 3.63) is 95.6 Å². The Hall–Kier alpha value is -3.27.